The van der Waals surface area contributed by atoms with Gasteiger partial charge >= 0.3 is 0 Å². The molecule has 118 valence electrons. The Kier molecular flexibility index (Phi) is 4.90. The Morgan fingerprint density at radius 2 is 1.91 bits per heavy atom. The van der Waals surface area contributed by atoms with Crippen LogP contribution in [0.25, 0.3) is 0 Å². The first kappa shape index (κ1) is 15.3. The van der Waals surface area contributed by atoms with Gasteiger partial charge in [-0.25, -0.2) is 0 Å². The molecule has 22 heavy (non-hydrogen) atoms. The third-order valence-corrected chi connectivity index (χ3v) is 4.69. The highest BCUT2D eigenvalue weighted by Crippen LogP contribution is 2.24. The molecule has 0 radical (unpaired) electrons. The van der Waals surface area contributed by atoms with E-state index in [2.05, 4.69) is 64.6 Å². The summed E-state index contributed by atoms with van der Waals surface area (Å²) in [6.07, 6.45) is 2.65. The zero-order valence-electron chi connectivity index (χ0n) is 13.6. The van der Waals surface area contributed by atoms with Gasteiger partial charge in [0.25, 0.3) is 0 Å². The van der Waals surface area contributed by atoms with Crippen molar-refractivity contribution in [2.45, 2.75) is 39.3 Å². The number of aromatic nitrogens is 2. The molecule has 2 aromatic rings. The number of rotatable bonds is 6. The van der Waals surface area contributed by atoms with Crippen LogP contribution in [0.4, 0.5) is 0 Å². The van der Waals surface area contributed by atoms with Gasteiger partial charge in [-0.1, -0.05) is 30.3 Å². The normalized spacial score (nSPS) is 17.0. The van der Waals surface area contributed by atoms with E-state index in [1.54, 1.807) is 0 Å². The summed E-state index contributed by atoms with van der Waals surface area (Å²) in [5, 5.41) is 11.0. The van der Waals surface area contributed by atoms with E-state index in [1.165, 1.54) is 42.8 Å². The van der Waals surface area contributed by atoms with Crippen LogP contribution < -0.4 is 5.32 Å². The summed E-state index contributed by atoms with van der Waals surface area (Å²) in [5.41, 5.74) is 4.98. The zero-order valence-corrected chi connectivity index (χ0v) is 13.6. The summed E-state index contributed by atoms with van der Waals surface area (Å²) >= 11 is 0. The molecule has 1 aliphatic rings. The second kappa shape index (κ2) is 7.07. The van der Waals surface area contributed by atoms with E-state index < -0.39 is 0 Å². The van der Waals surface area contributed by atoms with E-state index in [0.29, 0.717) is 6.04 Å². The van der Waals surface area contributed by atoms with Gasteiger partial charge < -0.3 is 5.32 Å². The van der Waals surface area contributed by atoms with Crippen molar-refractivity contribution < 1.29 is 0 Å². The van der Waals surface area contributed by atoms with Gasteiger partial charge in [0.2, 0.25) is 0 Å². The Morgan fingerprint density at radius 3 is 2.55 bits per heavy atom. The highest BCUT2D eigenvalue weighted by atomic mass is 15.2. The molecule has 2 heterocycles. The van der Waals surface area contributed by atoms with Gasteiger partial charge in [-0.3, -0.25) is 10.00 Å². The highest BCUT2D eigenvalue weighted by molar-refractivity contribution is 5.23. The molecule has 1 aromatic carbocycles. The van der Waals surface area contributed by atoms with Crippen molar-refractivity contribution in [1.82, 2.24) is 20.4 Å². The molecule has 0 spiro atoms. The first-order valence-corrected chi connectivity index (χ1v) is 8.26. The van der Waals surface area contributed by atoms with Crippen LogP contribution in [0.3, 0.4) is 0 Å². The molecule has 2 N–H and O–H groups in total. The molecule has 1 fully saturated rings. The first-order valence-electron chi connectivity index (χ1n) is 8.26. The van der Waals surface area contributed by atoms with Crippen LogP contribution >= 0.6 is 0 Å². The number of benzene rings is 1. The minimum atomic E-state index is 0.469. The van der Waals surface area contributed by atoms with Crippen LogP contribution in [0.1, 0.15) is 41.4 Å². The summed E-state index contributed by atoms with van der Waals surface area (Å²) in [6, 6.07) is 11.3. The maximum absolute atomic E-state index is 4.27. The van der Waals surface area contributed by atoms with E-state index in [0.717, 1.165) is 18.8 Å². The van der Waals surface area contributed by atoms with Gasteiger partial charge in [-0.05, 0) is 45.3 Å². The molecule has 1 aliphatic heterocycles. The maximum atomic E-state index is 4.27. The molecule has 0 aliphatic carbocycles. The Hall–Kier alpha value is -1.65. The largest absolute Gasteiger partial charge is 0.311 e. The van der Waals surface area contributed by atoms with Gasteiger partial charge in [-0.15, -0.1) is 0 Å². The van der Waals surface area contributed by atoms with Gasteiger partial charge in [0.05, 0.1) is 5.69 Å². The summed E-state index contributed by atoms with van der Waals surface area (Å²) < 4.78 is 0. The smallest absolute Gasteiger partial charge is 0.0638 e. The molecular weight excluding hydrogens is 272 g/mol. The quantitative estimate of drug-likeness (QED) is 0.862. The molecule has 3 rings (SSSR count). The van der Waals surface area contributed by atoms with Gasteiger partial charge in [0.1, 0.15) is 0 Å². The Balaban J connectivity index is 1.65. The molecule has 0 saturated carbocycles. The van der Waals surface area contributed by atoms with E-state index >= 15 is 0 Å². The molecule has 1 aromatic heterocycles. The number of nitrogens with zero attached hydrogens (tertiary/aromatic N) is 2. The number of H-pyrrole nitrogens is 1. The maximum Gasteiger partial charge on any atom is 0.0638 e. The number of hydrogen-bond donors (Lipinski definition) is 2. The van der Waals surface area contributed by atoms with E-state index in [9.17, 15) is 0 Å². The van der Waals surface area contributed by atoms with Crippen LogP contribution in [0.15, 0.2) is 30.3 Å². The van der Waals surface area contributed by atoms with Crippen molar-refractivity contribution in [2.75, 3.05) is 19.6 Å². The second-order valence-electron chi connectivity index (χ2n) is 6.21. The topological polar surface area (TPSA) is 44.0 Å². The van der Waals surface area contributed by atoms with Crippen molar-refractivity contribution in [2.24, 2.45) is 0 Å². The second-order valence-corrected chi connectivity index (χ2v) is 6.21. The molecule has 0 bridgehead atoms. The van der Waals surface area contributed by atoms with Crippen molar-refractivity contribution >= 4 is 0 Å². The molecule has 1 saturated heterocycles. The third-order valence-electron chi connectivity index (χ3n) is 4.69. The van der Waals surface area contributed by atoms with Gasteiger partial charge in [0.15, 0.2) is 0 Å². The van der Waals surface area contributed by atoms with Crippen molar-refractivity contribution in [1.29, 1.82) is 0 Å². The summed E-state index contributed by atoms with van der Waals surface area (Å²) in [5.74, 6) is 0. The predicted molar refractivity (Wildman–Crippen MR) is 89.8 cm³/mol. The predicted octanol–water partition coefficient (Wildman–Crippen LogP) is 2.95. The lowest BCUT2D eigenvalue weighted by Gasteiger charge is -2.28. The highest BCUT2D eigenvalue weighted by Gasteiger charge is 2.23. The molecule has 1 unspecified atom stereocenters. The molecule has 1 atom stereocenters. The molecular formula is C18H26N4. The standard InChI is InChI=1S/C18H26N4/c1-14-17(15(2)21-20-14)12-19-13-18(22-10-6-7-11-22)16-8-4-3-5-9-16/h3-5,8-9,18-19H,6-7,10-13H2,1-2H3,(H,20,21). The fraction of sp³-hybridized carbons (Fsp3) is 0.500. The minimum absolute atomic E-state index is 0.469. The lowest BCUT2D eigenvalue weighted by Crippen LogP contribution is -2.34. The summed E-state index contributed by atoms with van der Waals surface area (Å²) in [7, 11) is 0. The Bertz CT molecular complexity index is 565. The first-order chi connectivity index (χ1) is 10.8. The SMILES string of the molecule is Cc1n[nH]c(C)c1CNCC(c1ccccc1)N1CCCC1. The monoisotopic (exact) mass is 298 g/mol. The number of aromatic amines is 1. The average Bonchev–Trinajstić information content (AvgIpc) is 3.17. The fourth-order valence-electron chi connectivity index (χ4n) is 3.35. The van der Waals surface area contributed by atoms with Crippen molar-refractivity contribution in [3.8, 4) is 0 Å². The van der Waals surface area contributed by atoms with E-state index in [-0.39, 0.29) is 0 Å². The summed E-state index contributed by atoms with van der Waals surface area (Å²) in [4.78, 5) is 2.61. The van der Waals surface area contributed by atoms with Crippen molar-refractivity contribution in [3.05, 3.63) is 52.8 Å². The van der Waals surface area contributed by atoms with Crippen molar-refractivity contribution in [3.63, 3.8) is 0 Å². The minimum Gasteiger partial charge on any atom is -0.311 e. The van der Waals surface area contributed by atoms with Crippen LogP contribution in [-0.4, -0.2) is 34.7 Å². The average molecular weight is 298 g/mol. The Labute approximate surface area is 132 Å². The van der Waals surface area contributed by atoms with E-state index in [1.807, 2.05) is 0 Å². The summed E-state index contributed by atoms with van der Waals surface area (Å²) in [6.45, 7) is 8.44. The van der Waals surface area contributed by atoms with Gasteiger partial charge in [0, 0.05) is 30.4 Å². The lowest BCUT2D eigenvalue weighted by molar-refractivity contribution is 0.238. The number of likely N-dealkylation sites (tertiary alicyclic amines) is 1. The number of aryl methyl sites for hydroxylation is 2. The van der Waals surface area contributed by atoms with Crippen LogP contribution in [0, 0.1) is 13.8 Å². The molecule has 4 heteroatoms. The zero-order chi connectivity index (χ0) is 15.4. The number of nitrogens with one attached hydrogen (secondary N) is 2. The van der Waals surface area contributed by atoms with Gasteiger partial charge in [-0.2, -0.15) is 5.10 Å². The lowest BCUT2D eigenvalue weighted by atomic mass is 10.1. The fourth-order valence-corrected chi connectivity index (χ4v) is 3.35. The van der Waals surface area contributed by atoms with E-state index in [4.69, 9.17) is 0 Å². The number of hydrogen-bond acceptors (Lipinski definition) is 3. The Morgan fingerprint density at radius 1 is 1.18 bits per heavy atom. The van der Waals surface area contributed by atoms with Crippen LogP contribution in [-0.2, 0) is 6.54 Å². The third kappa shape index (κ3) is 3.39. The molecule has 0 amide bonds. The van der Waals surface area contributed by atoms with Crippen LogP contribution in [0.2, 0.25) is 0 Å². The van der Waals surface area contributed by atoms with Crippen LogP contribution in [0.5, 0.6) is 0 Å². The molecule has 4 nitrogen and oxygen atoms in total.